The standard InChI is InChI=1S/C29H30N4O5/c1-19-4-3-5-23(16-19)17-30-18-26(35)31-25-14-10-22(11-15-25)7-6-21-8-12-24(13-9-21)28(36)32-27(20(2)34)29(37)33-38/h3-5,8-16,20,27,30,34,38H,17-18H2,1-2H3,(H,31,35)(H,32,36)(H,33,37)/t20-,27+/m1/s1. The minimum atomic E-state index is -1.30. The number of aliphatic hydroxyl groups excluding tert-OH is 1. The van der Waals surface area contributed by atoms with Crippen LogP contribution in [-0.2, 0) is 16.1 Å². The number of aryl methyl sites for hydroxylation is 1. The molecule has 0 saturated carbocycles. The highest BCUT2D eigenvalue weighted by atomic mass is 16.5. The van der Waals surface area contributed by atoms with E-state index in [0.29, 0.717) is 17.8 Å². The maximum Gasteiger partial charge on any atom is 0.268 e. The first-order valence-corrected chi connectivity index (χ1v) is 12.0. The first-order chi connectivity index (χ1) is 18.2. The van der Waals surface area contributed by atoms with Crippen molar-refractivity contribution >= 4 is 23.4 Å². The van der Waals surface area contributed by atoms with E-state index < -0.39 is 24.0 Å². The van der Waals surface area contributed by atoms with Gasteiger partial charge in [0, 0.05) is 28.9 Å². The number of hydrogen-bond acceptors (Lipinski definition) is 6. The number of anilines is 1. The van der Waals surface area contributed by atoms with E-state index in [2.05, 4.69) is 33.9 Å². The molecule has 0 spiro atoms. The van der Waals surface area contributed by atoms with Crippen LogP contribution in [0.25, 0.3) is 0 Å². The Morgan fingerprint density at radius 1 is 0.921 bits per heavy atom. The van der Waals surface area contributed by atoms with Crippen LogP contribution in [-0.4, -0.2) is 46.7 Å². The average Bonchev–Trinajstić information content (AvgIpc) is 2.91. The van der Waals surface area contributed by atoms with Gasteiger partial charge in [0.1, 0.15) is 6.04 Å². The summed E-state index contributed by atoms with van der Waals surface area (Å²) in [7, 11) is 0. The van der Waals surface area contributed by atoms with Crippen LogP contribution in [0.15, 0.2) is 72.8 Å². The lowest BCUT2D eigenvalue weighted by Crippen LogP contribution is -2.51. The van der Waals surface area contributed by atoms with E-state index in [0.717, 1.165) is 11.1 Å². The predicted octanol–water partition coefficient (Wildman–Crippen LogP) is 2.11. The van der Waals surface area contributed by atoms with Gasteiger partial charge in [0.05, 0.1) is 12.6 Å². The smallest absolute Gasteiger partial charge is 0.268 e. The zero-order valence-electron chi connectivity index (χ0n) is 21.1. The molecule has 0 saturated heterocycles. The van der Waals surface area contributed by atoms with Gasteiger partial charge >= 0.3 is 0 Å². The Kier molecular flexibility index (Phi) is 10.1. The summed E-state index contributed by atoms with van der Waals surface area (Å²) in [5.74, 6) is 4.39. The molecule has 9 nitrogen and oxygen atoms in total. The van der Waals surface area contributed by atoms with Gasteiger partial charge in [-0.2, -0.15) is 0 Å². The van der Waals surface area contributed by atoms with E-state index in [-0.39, 0.29) is 18.0 Å². The highest BCUT2D eigenvalue weighted by molar-refractivity contribution is 5.97. The monoisotopic (exact) mass is 514 g/mol. The summed E-state index contributed by atoms with van der Waals surface area (Å²) >= 11 is 0. The van der Waals surface area contributed by atoms with Crippen LogP contribution in [0.4, 0.5) is 5.69 Å². The van der Waals surface area contributed by atoms with Crippen molar-refractivity contribution in [2.24, 2.45) is 0 Å². The molecular formula is C29H30N4O5. The van der Waals surface area contributed by atoms with Crippen LogP contribution >= 0.6 is 0 Å². The fraction of sp³-hybridized carbons (Fsp3) is 0.207. The van der Waals surface area contributed by atoms with E-state index in [1.165, 1.54) is 18.0 Å². The minimum absolute atomic E-state index is 0.141. The van der Waals surface area contributed by atoms with Gasteiger partial charge in [-0.3, -0.25) is 19.6 Å². The number of aliphatic hydroxyl groups is 1. The summed E-state index contributed by atoms with van der Waals surface area (Å²) in [6, 6.07) is 20.4. The number of hydrogen-bond donors (Lipinski definition) is 6. The second kappa shape index (κ2) is 13.7. The Morgan fingerprint density at radius 3 is 2.13 bits per heavy atom. The molecule has 3 amide bonds. The molecule has 0 heterocycles. The van der Waals surface area contributed by atoms with Gasteiger partial charge < -0.3 is 21.1 Å². The van der Waals surface area contributed by atoms with Crippen molar-refractivity contribution in [3.8, 4) is 11.8 Å². The van der Waals surface area contributed by atoms with E-state index in [9.17, 15) is 19.5 Å². The third kappa shape index (κ3) is 8.57. The number of carbonyl (C=O) groups excluding carboxylic acids is 3. The SMILES string of the molecule is Cc1cccc(CNCC(=O)Nc2ccc(C#Cc3ccc(C(=O)N[C@H](C(=O)NO)[C@@H](C)O)cc3)cc2)c1. The Labute approximate surface area is 221 Å². The van der Waals surface area contributed by atoms with Gasteiger partial charge in [0.15, 0.2) is 0 Å². The highest BCUT2D eigenvalue weighted by Gasteiger charge is 2.25. The third-order valence-electron chi connectivity index (χ3n) is 5.53. The summed E-state index contributed by atoms with van der Waals surface area (Å²) < 4.78 is 0. The van der Waals surface area contributed by atoms with Gasteiger partial charge in [-0.1, -0.05) is 41.7 Å². The van der Waals surface area contributed by atoms with Crippen molar-refractivity contribution in [1.82, 2.24) is 16.1 Å². The number of nitrogens with one attached hydrogen (secondary N) is 4. The highest BCUT2D eigenvalue weighted by Crippen LogP contribution is 2.10. The van der Waals surface area contributed by atoms with Crippen molar-refractivity contribution < 1.29 is 24.7 Å². The predicted molar refractivity (Wildman–Crippen MR) is 143 cm³/mol. The topological polar surface area (TPSA) is 140 Å². The Hall–Kier alpha value is -4.49. The molecule has 2 atom stereocenters. The molecule has 0 aliphatic heterocycles. The molecule has 3 rings (SSSR count). The van der Waals surface area contributed by atoms with Crippen LogP contribution < -0.4 is 21.4 Å². The molecule has 0 bridgehead atoms. The number of amides is 3. The van der Waals surface area contributed by atoms with Crippen LogP contribution in [0.3, 0.4) is 0 Å². The lowest BCUT2D eigenvalue weighted by molar-refractivity contribution is -0.133. The Bertz CT molecular complexity index is 1330. The maximum absolute atomic E-state index is 12.4. The fourth-order valence-corrected chi connectivity index (χ4v) is 3.53. The zero-order valence-corrected chi connectivity index (χ0v) is 21.1. The number of hydroxylamine groups is 1. The van der Waals surface area contributed by atoms with E-state index >= 15 is 0 Å². The first kappa shape index (κ1) is 28.1. The molecule has 0 aromatic heterocycles. The van der Waals surface area contributed by atoms with Crippen molar-refractivity contribution in [2.45, 2.75) is 32.5 Å². The summed E-state index contributed by atoms with van der Waals surface area (Å²) in [5, 5.41) is 26.7. The largest absolute Gasteiger partial charge is 0.391 e. The van der Waals surface area contributed by atoms with Crippen LogP contribution in [0, 0.1) is 18.8 Å². The molecule has 3 aromatic rings. The summed E-state index contributed by atoms with van der Waals surface area (Å²) in [5.41, 5.74) is 6.06. The summed E-state index contributed by atoms with van der Waals surface area (Å²) in [6.45, 7) is 4.16. The van der Waals surface area contributed by atoms with Crippen LogP contribution in [0.5, 0.6) is 0 Å². The molecule has 0 radical (unpaired) electrons. The number of benzene rings is 3. The molecule has 0 aliphatic rings. The molecule has 6 N–H and O–H groups in total. The van der Waals surface area contributed by atoms with Gasteiger partial charge in [0.25, 0.3) is 11.8 Å². The van der Waals surface area contributed by atoms with Gasteiger partial charge in [0.2, 0.25) is 5.91 Å². The van der Waals surface area contributed by atoms with Crippen molar-refractivity contribution in [2.75, 3.05) is 11.9 Å². The minimum Gasteiger partial charge on any atom is -0.391 e. The van der Waals surface area contributed by atoms with Gasteiger partial charge in [-0.05, 0) is 67.9 Å². The molecule has 0 fully saturated rings. The number of carbonyl (C=O) groups is 3. The summed E-state index contributed by atoms with van der Waals surface area (Å²) in [4.78, 5) is 36.2. The fourth-order valence-electron chi connectivity index (χ4n) is 3.53. The Balaban J connectivity index is 1.50. The second-order valence-electron chi connectivity index (χ2n) is 8.71. The molecule has 0 unspecified atom stereocenters. The van der Waals surface area contributed by atoms with Crippen LogP contribution in [0.2, 0.25) is 0 Å². The zero-order chi connectivity index (χ0) is 27.5. The first-order valence-electron chi connectivity index (χ1n) is 12.0. The van der Waals surface area contributed by atoms with Gasteiger partial charge in [-0.15, -0.1) is 0 Å². The lowest BCUT2D eigenvalue weighted by atomic mass is 10.1. The normalized spacial score (nSPS) is 11.9. The molecule has 9 heteroatoms. The van der Waals surface area contributed by atoms with E-state index in [1.807, 2.05) is 25.1 Å². The lowest BCUT2D eigenvalue weighted by Gasteiger charge is -2.19. The third-order valence-corrected chi connectivity index (χ3v) is 5.53. The van der Waals surface area contributed by atoms with E-state index in [1.54, 1.807) is 48.5 Å². The molecule has 0 aliphatic carbocycles. The van der Waals surface area contributed by atoms with Crippen molar-refractivity contribution in [3.63, 3.8) is 0 Å². The van der Waals surface area contributed by atoms with Gasteiger partial charge in [-0.25, -0.2) is 5.48 Å². The molecule has 3 aromatic carbocycles. The average molecular weight is 515 g/mol. The van der Waals surface area contributed by atoms with Crippen molar-refractivity contribution in [1.29, 1.82) is 0 Å². The molecule has 38 heavy (non-hydrogen) atoms. The van der Waals surface area contributed by atoms with Crippen molar-refractivity contribution in [3.05, 3.63) is 101 Å². The number of rotatable bonds is 9. The second-order valence-corrected chi connectivity index (χ2v) is 8.71. The summed E-state index contributed by atoms with van der Waals surface area (Å²) in [6.07, 6.45) is -1.20. The quantitative estimate of drug-likeness (QED) is 0.147. The Morgan fingerprint density at radius 2 is 1.55 bits per heavy atom. The maximum atomic E-state index is 12.4. The van der Waals surface area contributed by atoms with E-state index in [4.69, 9.17) is 5.21 Å². The van der Waals surface area contributed by atoms with Crippen LogP contribution in [0.1, 0.15) is 39.5 Å². The molecular weight excluding hydrogens is 484 g/mol. The molecule has 196 valence electrons.